The molecule has 1 aromatic heterocycles. The Morgan fingerprint density at radius 3 is 2.54 bits per heavy atom. The lowest BCUT2D eigenvalue weighted by molar-refractivity contribution is -0.137. The largest absolute Gasteiger partial charge is 0.464 e. The van der Waals surface area contributed by atoms with Crippen LogP contribution in [0.5, 0.6) is 0 Å². The number of aromatic nitrogens is 1. The van der Waals surface area contributed by atoms with E-state index in [9.17, 15) is 18.0 Å². The van der Waals surface area contributed by atoms with Crippen molar-refractivity contribution in [1.82, 2.24) is 4.98 Å². The smallest absolute Gasteiger partial charge is 0.416 e. The van der Waals surface area contributed by atoms with Crippen molar-refractivity contribution in [3.8, 4) is 0 Å². The van der Waals surface area contributed by atoms with Crippen molar-refractivity contribution in [2.75, 3.05) is 12.4 Å². The first-order valence-electron chi connectivity index (χ1n) is 7.72. The van der Waals surface area contributed by atoms with E-state index in [0.717, 1.165) is 17.7 Å². The molecular formula is C19H15F3N2O2. The molecule has 0 aliphatic carbocycles. The summed E-state index contributed by atoms with van der Waals surface area (Å²) in [4.78, 5) is 16.2. The van der Waals surface area contributed by atoms with Gasteiger partial charge in [0.2, 0.25) is 0 Å². The second-order valence-corrected chi connectivity index (χ2v) is 5.72. The van der Waals surface area contributed by atoms with E-state index < -0.39 is 17.7 Å². The fourth-order valence-corrected chi connectivity index (χ4v) is 2.63. The van der Waals surface area contributed by atoms with Crippen LogP contribution in [0.25, 0.3) is 10.9 Å². The van der Waals surface area contributed by atoms with E-state index in [1.54, 1.807) is 6.07 Å². The summed E-state index contributed by atoms with van der Waals surface area (Å²) in [5, 5.41) is 3.65. The number of carbonyl (C=O) groups is 1. The first-order chi connectivity index (χ1) is 12.3. The molecule has 0 amide bonds. The van der Waals surface area contributed by atoms with Crippen LogP contribution in [0.15, 0.2) is 48.5 Å². The summed E-state index contributed by atoms with van der Waals surface area (Å²) in [7, 11) is 1.24. The Morgan fingerprint density at radius 2 is 1.85 bits per heavy atom. The lowest BCUT2D eigenvalue weighted by Crippen LogP contribution is -2.07. The molecular weight excluding hydrogens is 345 g/mol. The average Bonchev–Trinajstić information content (AvgIpc) is 2.61. The Bertz CT molecular complexity index is 984. The van der Waals surface area contributed by atoms with Gasteiger partial charge in [-0.05, 0) is 36.8 Å². The van der Waals surface area contributed by atoms with Gasteiger partial charge in [0, 0.05) is 11.1 Å². The number of pyridine rings is 1. The molecule has 0 bridgehead atoms. The third-order valence-corrected chi connectivity index (χ3v) is 3.90. The first-order valence-corrected chi connectivity index (χ1v) is 7.72. The van der Waals surface area contributed by atoms with Crippen molar-refractivity contribution >= 4 is 28.2 Å². The van der Waals surface area contributed by atoms with E-state index in [-0.39, 0.29) is 11.4 Å². The Balaban J connectivity index is 2.12. The molecule has 3 rings (SSSR count). The molecule has 4 nitrogen and oxygen atoms in total. The number of nitrogens with zero attached hydrogens (tertiary/aromatic N) is 1. The van der Waals surface area contributed by atoms with E-state index in [0.29, 0.717) is 16.6 Å². The van der Waals surface area contributed by atoms with Gasteiger partial charge < -0.3 is 10.1 Å². The number of methoxy groups -OCH3 is 1. The average molecular weight is 360 g/mol. The molecule has 7 heteroatoms. The number of anilines is 2. The maximum Gasteiger partial charge on any atom is 0.416 e. The number of nitrogens with one attached hydrogen (secondary N) is 1. The number of benzene rings is 2. The highest BCUT2D eigenvalue weighted by Gasteiger charge is 2.30. The van der Waals surface area contributed by atoms with Crippen molar-refractivity contribution in [1.29, 1.82) is 0 Å². The number of hydrogen-bond acceptors (Lipinski definition) is 4. The number of alkyl halides is 3. The highest BCUT2D eigenvalue weighted by molar-refractivity contribution is 5.99. The zero-order chi connectivity index (χ0) is 18.9. The number of esters is 1. The number of hydrogen-bond donors (Lipinski definition) is 1. The van der Waals surface area contributed by atoms with Gasteiger partial charge >= 0.3 is 12.1 Å². The predicted octanol–water partition coefficient (Wildman–Crippen LogP) is 5.09. The molecule has 1 heterocycles. The van der Waals surface area contributed by atoms with Crippen molar-refractivity contribution in [2.45, 2.75) is 13.1 Å². The number of fused-ring (bicyclic) bond motifs is 1. The standard InChI is InChI=1S/C19H15F3N2O2/c1-11-5-3-8-14-15(10-16(18(25)26-2)24-17(11)14)23-13-7-4-6-12(9-13)19(20,21)22/h3-10H,1-2H3,(H,23,24). The zero-order valence-electron chi connectivity index (χ0n) is 14.0. The maximum atomic E-state index is 12.9. The second-order valence-electron chi connectivity index (χ2n) is 5.72. The summed E-state index contributed by atoms with van der Waals surface area (Å²) >= 11 is 0. The molecule has 0 fully saturated rings. The number of rotatable bonds is 3. The summed E-state index contributed by atoms with van der Waals surface area (Å²) < 4.78 is 43.5. The minimum Gasteiger partial charge on any atom is -0.464 e. The van der Waals surface area contributed by atoms with E-state index >= 15 is 0 Å². The molecule has 0 saturated carbocycles. The predicted molar refractivity (Wildman–Crippen MR) is 92.5 cm³/mol. The third kappa shape index (κ3) is 3.46. The number of halogens is 3. The van der Waals surface area contributed by atoms with Crippen LogP contribution in [0.1, 0.15) is 21.6 Å². The highest BCUT2D eigenvalue weighted by Crippen LogP contribution is 2.33. The van der Waals surface area contributed by atoms with Gasteiger partial charge in [0.05, 0.1) is 23.9 Å². The van der Waals surface area contributed by atoms with Crippen molar-refractivity contribution < 1.29 is 22.7 Å². The molecule has 2 aromatic carbocycles. The molecule has 0 aliphatic heterocycles. The van der Waals surface area contributed by atoms with Crippen LogP contribution < -0.4 is 5.32 Å². The molecule has 0 spiro atoms. The van der Waals surface area contributed by atoms with Gasteiger partial charge in [0.15, 0.2) is 5.69 Å². The van der Waals surface area contributed by atoms with Gasteiger partial charge in [-0.2, -0.15) is 13.2 Å². The summed E-state index contributed by atoms with van der Waals surface area (Å²) in [6.07, 6.45) is -4.44. The first kappa shape index (κ1) is 17.7. The van der Waals surface area contributed by atoms with Crippen LogP contribution in [0.2, 0.25) is 0 Å². The van der Waals surface area contributed by atoms with Crippen LogP contribution in [-0.2, 0) is 10.9 Å². The number of para-hydroxylation sites is 1. The Labute approximate surface area is 147 Å². The minimum absolute atomic E-state index is 0.0729. The number of aryl methyl sites for hydroxylation is 1. The van der Waals surface area contributed by atoms with Crippen LogP contribution in [0, 0.1) is 6.92 Å². The molecule has 0 saturated heterocycles. The van der Waals surface area contributed by atoms with Gasteiger partial charge in [-0.1, -0.05) is 24.3 Å². The van der Waals surface area contributed by atoms with E-state index in [1.807, 2.05) is 19.1 Å². The summed E-state index contributed by atoms with van der Waals surface area (Å²) in [6, 6.07) is 11.8. The van der Waals surface area contributed by atoms with E-state index in [4.69, 9.17) is 4.74 Å². The molecule has 134 valence electrons. The number of ether oxygens (including phenoxy) is 1. The topological polar surface area (TPSA) is 51.2 Å². The lowest BCUT2D eigenvalue weighted by atomic mass is 10.1. The molecule has 0 aliphatic rings. The van der Waals surface area contributed by atoms with Gasteiger partial charge in [-0.3, -0.25) is 0 Å². The Hall–Kier alpha value is -3.09. The quantitative estimate of drug-likeness (QED) is 0.661. The van der Waals surface area contributed by atoms with E-state index in [1.165, 1.54) is 25.3 Å². The molecule has 1 N–H and O–H groups in total. The summed E-state index contributed by atoms with van der Waals surface area (Å²) in [5.41, 5.74) is 1.45. The van der Waals surface area contributed by atoms with Crippen molar-refractivity contribution in [3.63, 3.8) is 0 Å². The van der Waals surface area contributed by atoms with Crippen LogP contribution in [0.4, 0.5) is 24.5 Å². The molecule has 26 heavy (non-hydrogen) atoms. The lowest BCUT2D eigenvalue weighted by Gasteiger charge is -2.14. The number of carbonyl (C=O) groups excluding carboxylic acids is 1. The van der Waals surface area contributed by atoms with Gasteiger partial charge in [-0.25, -0.2) is 9.78 Å². The summed E-state index contributed by atoms with van der Waals surface area (Å²) in [6.45, 7) is 1.84. The zero-order valence-corrected chi connectivity index (χ0v) is 14.0. The normalized spacial score (nSPS) is 11.4. The highest BCUT2D eigenvalue weighted by atomic mass is 19.4. The van der Waals surface area contributed by atoms with Gasteiger partial charge in [0.1, 0.15) is 0 Å². The summed E-state index contributed by atoms with van der Waals surface area (Å²) in [5.74, 6) is -0.623. The van der Waals surface area contributed by atoms with Crippen molar-refractivity contribution in [3.05, 3.63) is 65.4 Å². The Morgan fingerprint density at radius 1 is 1.12 bits per heavy atom. The fourth-order valence-electron chi connectivity index (χ4n) is 2.63. The SMILES string of the molecule is COC(=O)c1cc(Nc2cccc(C(F)(F)F)c2)c2cccc(C)c2n1. The fraction of sp³-hybridized carbons (Fsp3) is 0.158. The van der Waals surface area contributed by atoms with Gasteiger partial charge in [-0.15, -0.1) is 0 Å². The Kier molecular flexibility index (Phi) is 4.54. The molecule has 3 aromatic rings. The third-order valence-electron chi connectivity index (χ3n) is 3.90. The maximum absolute atomic E-state index is 12.9. The van der Waals surface area contributed by atoms with Crippen LogP contribution in [0.3, 0.4) is 0 Å². The van der Waals surface area contributed by atoms with Gasteiger partial charge in [0.25, 0.3) is 0 Å². The minimum atomic E-state index is -4.44. The van der Waals surface area contributed by atoms with Crippen molar-refractivity contribution in [2.24, 2.45) is 0 Å². The van der Waals surface area contributed by atoms with Crippen LogP contribution in [-0.4, -0.2) is 18.1 Å². The van der Waals surface area contributed by atoms with Crippen LogP contribution >= 0.6 is 0 Å². The van der Waals surface area contributed by atoms with E-state index in [2.05, 4.69) is 10.3 Å². The second kappa shape index (κ2) is 6.67. The molecule has 0 radical (unpaired) electrons. The monoisotopic (exact) mass is 360 g/mol. The molecule has 0 atom stereocenters. The molecule has 0 unspecified atom stereocenters.